The van der Waals surface area contributed by atoms with Crippen molar-refractivity contribution in [1.29, 1.82) is 5.26 Å². The van der Waals surface area contributed by atoms with E-state index in [1.54, 1.807) is 17.0 Å². The van der Waals surface area contributed by atoms with E-state index < -0.39 is 6.04 Å². The van der Waals surface area contributed by atoms with Gasteiger partial charge in [-0.1, -0.05) is 6.92 Å². The molecule has 3 rings (SSSR count). The molecule has 1 atom stereocenters. The first-order valence-electron chi connectivity index (χ1n) is 8.59. The lowest BCUT2D eigenvalue weighted by Gasteiger charge is -2.25. The summed E-state index contributed by atoms with van der Waals surface area (Å²) in [5.41, 5.74) is 2.06. The van der Waals surface area contributed by atoms with Gasteiger partial charge in [0.05, 0.1) is 22.7 Å². The zero-order valence-corrected chi connectivity index (χ0v) is 14.5. The number of hydrogen-bond acceptors (Lipinski definition) is 4. The SMILES string of the molecule is CC[C@H](C(=O)Nc1nc2cc(C#N)ccc2n1CC)N1CCCC1=O. The Balaban J connectivity index is 1.89. The van der Waals surface area contributed by atoms with Gasteiger partial charge in [-0.25, -0.2) is 4.98 Å². The normalized spacial score (nSPS) is 15.4. The highest BCUT2D eigenvalue weighted by atomic mass is 16.2. The molecule has 2 aromatic rings. The number of nitrogens with one attached hydrogen (secondary N) is 1. The summed E-state index contributed by atoms with van der Waals surface area (Å²) >= 11 is 0. The molecule has 1 N–H and O–H groups in total. The van der Waals surface area contributed by atoms with Gasteiger partial charge in [-0.15, -0.1) is 0 Å². The summed E-state index contributed by atoms with van der Waals surface area (Å²) < 4.78 is 1.90. The number of aryl methyl sites for hydroxylation is 1. The molecule has 1 aliphatic rings. The highest BCUT2D eigenvalue weighted by Gasteiger charge is 2.32. The molecule has 25 heavy (non-hydrogen) atoms. The van der Waals surface area contributed by atoms with Gasteiger partial charge in [0.1, 0.15) is 6.04 Å². The molecule has 1 aromatic heterocycles. The second-order valence-corrected chi connectivity index (χ2v) is 6.10. The summed E-state index contributed by atoms with van der Waals surface area (Å²) in [6, 6.07) is 6.90. The lowest BCUT2D eigenvalue weighted by Crippen LogP contribution is -2.44. The first kappa shape index (κ1) is 17.0. The molecule has 130 valence electrons. The van der Waals surface area contributed by atoms with Crippen LogP contribution in [-0.4, -0.2) is 38.9 Å². The third-order valence-electron chi connectivity index (χ3n) is 4.60. The molecule has 0 aliphatic carbocycles. The fourth-order valence-corrected chi connectivity index (χ4v) is 3.35. The third kappa shape index (κ3) is 3.07. The number of amides is 2. The van der Waals surface area contributed by atoms with Crippen LogP contribution in [0.15, 0.2) is 18.2 Å². The molecule has 1 saturated heterocycles. The Bertz CT molecular complexity index is 864. The number of hydrogen-bond donors (Lipinski definition) is 1. The van der Waals surface area contributed by atoms with Gasteiger partial charge < -0.3 is 9.47 Å². The van der Waals surface area contributed by atoms with Crippen LogP contribution in [0.1, 0.15) is 38.7 Å². The molecule has 2 heterocycles. The maximum atomic E-state index is 12.7. The van der Waals surface area contributed by atoms with Crippen LogP contribution in [0.5, 0.6) is 0 Å². The van der Waals surface area contributed by atoms with Gasteiger partial charge in [-0.05, 0) is 38.0 Å². The fraction of sp³-hybridized carbons (Fsp3) is 0.444. The van der Waals surface area contributed by atoms with Gasteiger partial charge in [0.25, 0.3) is 0 Å². The number of rotatable bonds is 5. The quantitative estimate of drug-likeness (QED) is 0.904. The second-order valence-electron chi connectivity index (χ2n) is 6.10. The van der Waals surface area contributed by atoms with E-state index in [-0.39, 0.29) is 11.8 Å². The summed E-state index contributed by atoms with van der Waals surface area (Å²) in [4.78, 5) is 30.8. The van der Waals surface area contributed by atoms with Gasteiger partial charge in [-0.2, -0.15) is 5.26 Å². The molecule has 0 saturated carbocycles. The van der Waals surface area contributed by atoms with Crippen molar-refractivity contribution in [3.05, 3.63) is 23.8 Å². The maximum Gasteiger partial charge on any atom is 0.249 e. The number of imidazole rings is 1. The molecule has 2 amide bonds. The molecule has 0 unspecified atom stereocenters. The zero-order valence-electron chi connectivity index (χ0n) is 14.5. The molecular formula is C18H21N5O2. The molecular weight excluding hydrogens is 318 g/mol. The molecule has 0 bridgehead atoms. The lowest BCUT2D eigenvalue weighted by molar-refractivity contribution is -0.135. The lowest BCUT2D eigenvalue weighted by atomic mass is 10.2. The summed E-state index contributed by atoms with van der Waals surface area (Å²) in [5.74, 6) is 0.260. The van der Waals surface area contributed by atoms with Crippen molar-refractivity contribution in [1.82, 2.24) is 14.5 Å². The Morgan fingerprint density at radius 1 is 1.44 bits per heavy atom. The van der Waals surface area contributed by atoms with Crippen LogP contribution in [-0.2, 0) is 16.1 Å². The Labute approximate surface area is 146 Å². The molecule has 1 aliphatic heterocycles. The summed E-state index contributed by atoms with van der Waals surface area (Å²) in [6.07, 6.45) is 1.86. The van der Waals surface area contributed by atoms with Crippen LogP contribution < -0.4 is 5.32 Å². The van der Waals surface area contributed by atoms with Crippen molar-refractivity contribution >= 4 is 28.8 Å². The molecule has 0 radical (unpaired) electrons. The van der Waals surface area contributed by atoms with E-state index in [0.29, 0.717) is 43.0 Å². The number of nitrogens with zero attached hydrogens (tertiary/aromatic N) is 4. The Morgan fingerprint density at radius 3 is 2.84 bits per heavy atom. The molecule has 1 fully saturated rings. The number of aromatic nitrogens is 2. The van der Waals surface area contributed by atoms with Gasteiger partial charge in [0.2, 0.25) is 17.8 Å². The van der Waals surface area contributed by atoms with Crippen molar-refractivity contribution in [2.24, 2.45) is 0 Å². The highest BCUT2D eigenvalue weighted by Crippen LogP contribution is 2.22. The number of carbonyl (C=O) groups excluding carboxylic acids is 2. The number of carbonyl (C=O) groups is 2. The minimum absolute atomic E-state index is 0.0321. The van der Waals surface area contributed by atoms with E-state index in [0.717, 1.165) is 11.9 Å². The van der Waals surface area contributed by atoms with Crippen molar-refractivity contribution in [2.75, 3.05) is 11.9 Å². The summed E-state index contributed by atoms with van der Waals surface area (Å²) in [5, 5.41) is 11.9. The number of fused-ring (bicyclic) bond motifs is 1. The van der Waals surface area contributed by atoms with Crippen molar-refractivity contribution in [3.63, 3.8) is 0 Å². The first-order valence-corrected chi connectivity index (χ1v) is 8.59. The fourth-order valence-electron chi connectivity index (χ4n) is 3.35. The molecule has 7 heteroatoms. The van der Waals surface area contributed by atoms with E-state index in [1.807, 2.05) is 24.5 Å². The maximum absolute atomic E-state index is 12.7. The average molecular weight is 339 g/mol. The monoisotopic (exact) mass is 339 g/mol. The van der Waals surface area contributed by atoms with Crippen LogP contribution >= 0.6 is 0 Å². The van der Waals surface area contributed by atoms with Crippen molar-refractivity contribution < 1.29 is 9.59 Å². The summed E-state index contributed by atoms with van der Waals surface area (Å²) in [6.45, 7) is 5.13. The minimum atomic E-state index is -0.477. The number of benzene rings is 1. The van der Waals surface area contributed by atoms with Crippen LogP contribution in [0.4, 0.5) is 5.95 Å². The zero-order chi connectivity index (χ0) is 18.0. The van der Waals surface area contributed by atoms with E-state index in [1.165, 1.54) is 0 Å². The highest BCUT2D eigenvalue weighted by molar-refractivity contribution is 5.97. The van der Waals surface area contributed by atoms with Crippen molar-refractivity contribution in [2.45, 2.75) is 45.7 Å². The van der Waals surface area contributed by atoms with E-state index in [4.69, 9.17) is 5.26 Å². The second kappa shape index (κ2) is 6.93. The summed E-state index contributed by atoms with van der Waals surface area (Å²) in [7, 11) is 0. The van der Waals surface area contributed by atoms with Gasteiger partial charge in [-0.3, -0.25) is 14.9 Å². The molecule has 0 spiro atoms. The van der Waals surface area contributed by atoms with Crippen LogP contribution in [0.3, 0.4) is 0 Å². The first-order chi connectivity index (χ1) is 12.1. The van der Waals surface area contributed by atoms with Gasteiger partial charge >= 0.3 is 0 Å². The Kier molecular flexibility index (Phi) is 4.70. The van der Waals surface area contributed by atoms with E-state index >= 15 is 0 Å². The predicted octanol–water partition coefficient (Wildman–Crippen LogP) is 2.27. The Morgan fingerprint density at radius 2 is 2.24 bits per heavy atom. The average Bonchev–Trinajstić information content (AvgIpc) is 3.18. The number of likely N-dealkylation sites (tertiary alicyclic amines) is 1. The van der Waals surface area contributed by atoms with Crippen molar-refractivity contribution in [3.8, 4) is 6.07 Å². The predicted molar refractivity (Wildman–Crippen MR) is 93.8 cm³/mol. The largest absolute Gasteiger partial charge is 0.331 e. The minimum Gasteiger partial charge on any atom is -0.331 e. The topological polar surface area (TPSA) is 91.0 Å². The van der Waals surface area contributed by atoms with Gasteiger partial charge in [0.15, 0.2) is 0 Å². The number of anilines is 1. The molecule has 7 nitrogen and oxygen atoms in total. The van der Waals surface area contributed by atoms with Crippen LogP contribution in [0.25, 0.3) is 11.0 Å². The Hall–Kier alpha value is -2.88. The third-order valence-corrected chi connectivity index (χ3v) is 4.60. The molecule has 1 aromatic carbocycles. The van der Waals surface area contributed by atoms with E-state index in [2.05, 4.69) is 16.4 Å². The standard InChI is InChI=1S/C18H21N5O2/c1-3-14(23-9-5-6-16(23)24)17(25)21-18-20-13-10-12(11-19)7-8-15(13)22(18)4-2/h7-8,10,14H,3-6,9H2,1-2H3,(H,20,21,25)/t14-/m1/s1. The van der Waals surface area contributed by atoms with Gasteiger partial charge in [0, 0.05) is 19.5 Å². The van der Waals surface area contributed by atoms with Crippen LogP contribution in [0, 0.1) is 11.3 Å². The number of nitriles is 1. The van der Waals surface area contributed by atoms with Crippen LogP contribution in [0.2, 0.25) is 0 Å². The smallest absolute Gasteiger partial charge is 0.249 e. The van der Waals surface area contributed by atoms with E-state index in [9.17, 15) is 9.59 Å².